The minimum absolute atomic E-state index is 0.00626. The van der Waals surface area contributed by atoms with Gasteiger partial charge in [0, 0.05) is 11.5 Å². The number of halogens is 1. The molecule has 19 heavy (non-hydrogen) atoms. The number of benzene rings is 1. The lowest BCUT2D eigenvalue weighted by Crippen LogP contribution is -2.15. The summed E-state index contributed by atoms with van der Waals surface area (Å²) in [7, 11) is 0. The highest BCUT2D eigenvalue weighted by molar-refractivity contribution is 5.93. The first-order chi connectivity index (χ1) is 9.24. The summed E-state index contributed by atoms with van der Waals surface area (Å²) in [6.45, 7) is 0. The van der Waals surface area contributed by atoms with Crippen LogP contribution in [0.15, 0.2) is 24.3 Å². The van der Waals surface area contributed by atoms with Crippen molar-refractivity contribution in [3.8, 4) is 6.07 Å². The molecule has 2 aliphatic rings. The molecular formula is C16H16FNO. The number of nitrogens with zero attached hydrogens (tertiary/aromatic N) is 1. The highest BCUT2D eigenvalue weighted by atomic mass is 19.1. The van der Waals surface area contributed by atoms with E-state index in [4.69, 9.17) is 0 Å². The fourth-order valence-corrected chi connectivity index (χ4v) is 3.60. The number of Topliss-reactive ketones (excluding diaryl/α,β-unsaturated/α-hetero) is 1. The van der Waals surface area contributed by atoms with Gasteiger partial charge in [0.05, 0.1) is 6.07 Å². The fourth-order valence-electron chi connectivity index (χ4n) is 3.60. The summed E-state index contributed by atoms with van der Waals surface area (Å²) in [5, 5.41) is 9.25. The molecule has 0 spiro atoms. The number of nitriles is 1. The van der Waals surface area contributed by atoms with E-state index >= 15 is 0 Å². The van der Waals surface area contributed by atoms with Crippen molar-refractivity contribution >= 4 is 5.78 Å². The van der Waals surface area contributed by atoms with E-state index in [1.165, 1.54) is 18.9 Å². The number of hydrogen-bond acceptors (Lipinski definition) is 2. The van der Waals surface area contributed by atoms with Crippen LogP contribution in [0.4, 0.5) is 4.39 Å². The van der Waals surface area contributed by atoms with Crippen LogP contribution in [0.1, 0.15) is 37.2 Å². The average Bonchev–Trinajstić information content (AvgIpc) is 3.16. The van der Waals surface area contributed by atoms with Gasteiger partial charge < -0.3 is 0 Å². The number of rotatable bonds is 3. The van der Waals surface area contributed by atoms with Crippen LogP contribution in [0, 0.1) is 34.9 Å². The van der Waals surface area contributed by atoms with Crippen molar-refractivity contribution in [2.45, 2.75) is 31.6 Å². The van der Waals surface area contributed by atoms with Gasteiger partial charge in [-0.05, 0) is 30.7 Å². The van der Waals surface area contributed by atoms with Gasteiger partial charge >= 0.3 is 0 Å². The zero-order valence-electron chi connectivity index (χ0n) is 10.7. The van der Waals surface area contributed by atoms with Crippen molar-refractivity contribution in [1.29, 1.82) is 5.26 Å². The second kappa shape index (κ2) is 4.77. The number of fused-ring (bicyclic) bond motifs is 1. The van der Waals surface area contributed by atoms with Gasteiger partial charge in [-0.2, -0.15) is 5.26 Å². The monoisotopic (exact) mass is 257 g/mol. The molecule has 2 fully saturated rings. The highest BCUT2D eigenvalue weighted by Gasteiger charge is 2.56. The molecule has 0 heterocycles. The summed E-state index contributed by atoms with van der Waals surface area (Å²) in [5.41, 5.74) is 0.235. The predicted octanol–water partition coefficient (Wildman–Crippen LogP) is 3.44. The van der Waals surface area contributed by atoms with Gasteiger partial charge in [0.2, 0.25) is 0 Å². The van der Waals surface area contributed by atoms with E-state index in [0.29, 0.717) is 11.8 Å². The molecule has 2 aliphatic carbocycles. The van der Waals surface area contributed by atoms with E-state index in [2.05, 4.69) is 0 Å². The van der Waals surface area contributed by atoms with Gasteiger partial charge in [-0.1, -0.05) is 31.0 Å². The van der Waals surface area contributed by atoms with Crippen molar-refractivity contribution in [2.75, 3.05) is 0 Å². The normalized spacial score (nSPS) is 30.0. The molecule has 2 saturated carbocycles. The van der Waals surface area contributed by atoms with E-state index in [-0.39, 0.29) is 17.3 Å². The Morgan fingerprint density at radius 3 is 2.47 bits per heavy atom. The SMILES string of the molecule is N#CC(C(=O)C1C2CCCCC21)c1ccccc1F. The van der Waals surface area contributed by atoms with E-state index in [1.54, 1.807) is 18.2 Å². The van der Waals surface area contributed by atoms with Crippen LogP contribution in [0.2, 0.25) is 0 Å². The Morgan fingerprint density at radius 2 is 1.89 bits per heavy atom. The minimum atomic E-state index is -0.934. The highest BCUT2D eigenvalue weighted by Crippen LogP contribution is 2.57. The van der Waals surface area contributed by atoms with Gasteiger partial charge in [0.15, 0.2) is 5.78 Å². The van der Waals surface area contributed by atoms with Crippen LogP contribution < -0.4 is 0 Å². The summed E-state index contributed by atoms with van der Waals surface area (Å²) in [6.07, 6.45) is 4.55. The quantitative estimate of drug-likeness (QED) is 0.832. The van der Waals surface area contributed by atoms with Crippen molar-refractivity contribution in [1.82, 2.24) is 0 Å². The first-order valence-corrected chi connectivity index (χ1v) is 6.92. The lowest BCUT2D eigenvalue weighted by atomic mass is 9.92. The first kappa shape index (κ1) is 12.3. The standard InChI is InChI=1S/C16H16FNO/c17-14-8-4-3-5-10(14)13(9-18)16(19)15-11-6-1-2-7-12(11)15/h3-5,8,11-13,15H,1-2,6-7H2. The topological polar surface area (TPSA) is 40.9 Å². The maximum absolute atomic E-state index is 13.7. The van der Waals surface area contributed by atoms with E-state index in [1.807, 2.05) is 6.07 Å². The Kier molecular flexibility index (Phi) is 3.10. The third kappa shape index (κ3) is 2.06. The van der Waals surface area contributed by atoms with E-state index in [9.17, 15) is 14.4 Å². The molecule has 0 radical (unpaired) electrons. The van der Waals surface area contributed by atoms with Crippen LogP contribution in [0.5, 0.6) is 0 Å². The van der Waals surface area contributed by atoms with E-state index < -0.39 is 11.7 Å². The fraction of sp³-hybridized carbons (Fsp3) is 0.500. The number of carbonyl (C=O) groups excluding carboxylic acids is 1. The molecule has 1 aromatic rings. The molecule has 3 heteroatoms. The van der Waals surface area contributed by atoms with Gasteiger partial charge in [0.1, 0.15) is 11.7 Å². The van der Waals surface area contributed by atoms with Gasteiger partial charge in [0.25, 0.3) is 0 Å². The average molecular weight is 257 g/mol. The zero-order chi connectivity index (χ0) is 13.4. The zero-order valence-corrected chi connectivity index (χ0v) is 10.7. The van der Waals surface area contributed by atoms with E-state index in [0.717, 1.165) is 12.8 Å². The predicted molar refractivity (Wildman–Crippen MR) is 68.7 cm³/mol. The molecule has 0 bridgehead atoms. The molecule has 0 amide bonds. The summed E-state index contributed by atoms with van der Waals surface area (Å²) in [6, 6.07) is 8.12. The lowest BCUT2D eigenvalue weighted by Gasteiger charge is -2.09. The molecule has 3 atom stereocenters. The Morgan fingerprint density at radius 1 is 1.26 bits per heavy atom. The van der Waals surface area contributed by atoms with Crippen molar-refractivity contribution in [3.05, 3.63) is 35.6 Å². The van der Waals surface area contributed by atoms with Crippen LogP contribution in [-0.2, 0) is 4.79 Å². The van der Waals surface area contributed by atoms with Crippen LogP contribution >= 0.6 is 0 Å². The van der Waals surface area contributed by atoms with Crippen molar-refractivity contribution in [2.24, 2.45) is 17.8 Å². The van der Waals surface area contributed by atoms with Gasteiger partial charge in [-0.3, -0.25) is 4.79 Å². The number of ketones is 1. The molecule has 0 saturated heterocycles. The maximum Gasteiger partial charge on any atom is 0.158 e. The van der Waals surface area contributed by atoms with Crippen molar-refractivity contribution in [3.63, 3.8) is 0 Å². The molecular weight excluding hydrogens is 241 g/mol. The first-order valence-electron chi connectivity index (χ1n) is 6.92. The second-order valence-corrected chi connectivity index (χ2v) is 5.62. The lowest BCUT2D eigenvalue weighted by molar-refractivity contribution is -0.121. The Balaban J connectivity index is 1.82. The molecule has 3 rings (SSSR count). The van der Waals surface area contributed by atoms with Gasteiger partial charge in [-0.25, -0.2) is 4.39 Å². The summed E-state index contributed by atoms with van der Waals surface area (Å²) in [5.74, 6) is -0.521. The number of hydrogen-bond donors (Lipinski definition) is 0. The maximum atomic E-state index is 13.7. The largest absolute Gasteiger partial charge is 0.298 e. The Bertz CT molecular complexity index is 536. The smallest absolute Gasteiger partial charge is 0.158 e. The minimum Gasteiger partial charge on any atom is -0.298 e. The number of carbonyl (C=O) groups is 1. The third-order valence-corrected chi connectivity index (χ3v) is 4.61. The molecule has 3 unspecified atom stereocenters. The van der Waals surface area contributed by atoms with Crippen molar-refractivity contribution < 1.29 is 9.18 Å². The Hall–Kier alpha value is -1.69. The third-order valence-electron chi connectivity index (χ3n) is 4.61. The molecule has 98 valence electrons. The summed E-state index contributed by atoms with van der Waals surface area (Å²) < 4.78 is 13.7. The Labute approximate surface area is 112 Å². The molecule has 2 nitrogen and oxygen atoms in total. The molecule has 0 N–H and O–H groups in total. The summed E-state index contributed by atoms with van der Waals surface area (Å²) in [4.78, 5) is 12.5. The second-order valence-electron chi connectivity index (χ2n) is 5.62. The van der Waals surface area contributed by atoms with Crippen LogP contribution in [0.25, 0.3) is 0 Å². The van der Waals surface area contributed by atoms with Gasteiger partial charge in [-0.15, -0.1) is 0 Å². The molecule has 0 aliphatic heterocycles. The van der Waals surface area contributed by atoms with Crippen LogP contribution in [0.3, 0.4) is 0 Å². The van der Waals surface area contributed by atoms with Crippen LogP contribution in [-0.4, -0.2) is 5.78 Å². The molecule has 1 aromatic carbocycles. The summed E-state index contributed by atoms with van der Waals surface area (Å²) >= 11 is 0. The molecule has 0 aromatic heterocycles.